The van der Waals surface area contributed by atoms with Crippen LogP contribution in [0.3, 0.4) is 0 Å². The van der Waals surface area contributed by atoms with E-state index in [1.807, 2.05) is 24.5 Å². The Kier molecular flexibility index (Phi) is 9.31. The largest absolute Gasteiger partial charge is 1.00 e. The third-order valence-corrected chi connectivity index (χ3v) is 0.496. The molecule has 0 amide bonds. The number of aromatic amines is 1. The summed E-state index contributed by atoms with van der Waals surface area (Å²) >= 11 is 0. The molecule has 1 aromatic heterocycles. The summed E-state index contributed by atoms with van der Waals surface area (Å²) in [4.78, 5) is 2.86. The molecule has 0 unspecified atom stereocenters. The summed E-state index contributed by atoms with van der Waals surface area (Å²) in [5.74, 6) is 0. The van der Waals surface area contributed by atoms with Gasteiger partial charge in [0.15, 0.2) is 0 Å². The zero-order valence-electron chi connectivity index (χ0n) is 3.49. The van der Waals surface area contributed by atoms with Gasteiger partial charge < -0.3 is 17.4 Å². The summed E-state index contributed by atoms with van der Waals surface area (Å²) < 4.78 is 0. The number of rotatable bonds is 0. The van der Waals surface area contributed by atoms with Crippen LogP contribution >= 0.6 is 0 Å². The Hall–Kier alpha value is 0.310. The van der Waals surface area contributed by atoms with E-state index >= 15 is 0 Å². The molecule has 3 heteroatoms. The third kappa shape index (κ3) is 4.16. The second kappa shape index (κ2) is 6.31. The van der Waals surface area contributed by atoms with Crippen molar-refractivity contribution in [3.05, 3.63) is 24.5 Å². The number of halogens is 1. The second-order valence-electron chi connectivity index (χ2n) is 0.885. The van der Waals surface area contributed by atoms with Gasteiger partial charge in [-0.15, -0.1) is 0 Å². The molecule has 7 heavy (non-hydrogen) atoms. The Labute approximate surface area is 64.4 Å². The van der Waals surface area contributed by atoms with Gasteiger partial charge in [-0.2, -0.15) is 0 Å². The predicted octanol–water partition coefficient (Wildman–Crippen LogP) is -1.98. The normalized spacial score (nSPS) is 5.71. The van der Waals surface area contributed by atoms with Gasteiger partial charge in [0, 0.05) is 12.4 Å². The topological polar surface area (TPSA) is 15.8 Å². The van der Waals surface area contributed by atoms with E-state index in [4.69, 9.17) is 0 Å². The van der Waals surface area contributed by atoms with E-state index < -0.39 is 0 Å². The maximum atomic E-state index is 2.86. The summed E-state index contributed by atoms with van der Waals surface area (Å²) in [5.41, 5.74) is 0. The molecule has 0 saturated heterocycles. The van der Waals surface area contributed by atoms with Crippen molar-refractivity contribution in [3.8, 4) is 0 Å². The maximum absolute atomic E-state index is 2.86. The quantitative estimate of drug-likeness (QED) is 0.478. The first-order chi connectivity index (χ1) is 2.50. The minimum Gasteiger partial charge on any atom is -1.00 e. The summed E-state index contributed by atoms with van der Waals surface area (Å²) in [5, 5.41) is 0. The van der Waals surface area contributed by atoms with Crippen molar-refractivity contribution in [2.45, 2.75) is 0 Å². The number of hydrogen-bond donors (Lipinski definition) is 1. The van der Waals surface area contributed by atoms with Gasteiger partial charge in [-0.25, -0.2) is 0 Å². The van der Waals surface area contributed by atoms with Crippen molar-refractivity contribution in [2.24, 2.45) is 0 Å². The van der Waals surface area contributed by atoms with Gasteiger partial charge in [0.2, 0.25) is 0 Å². The molecule has 44 valence electrons. The van der Waals surface area contributed by atoms with Gasteiger partial charge in [-0.1, -0.05) is 0 Å². The zero-order chi connectivity index (χ0) is 3.54. The van der Waals surface area contributed by atoms with E-state index in [0.29, 0.717) is 0 Å². The minimum atomic E-state index is 0. The van der Waals surface area contributed by atoms with E-state index in [2.05, 4.69) is 4.98 Å². The number of H-pyrrole nitrogens is 1. The van der Waals surface area contributed by atoms with Crippen LogP contribution in [-0.4, -0.2) is 4.98 Å². The molecular weight excluding hydrogens is 205 g/mol. The van der Waals surface area contributed by atoms with E-state index in [-0.39, 0.29) is 34.8 Å². The summed E-state index contributed by atoms with van der Waals surface area (Å²) in [6.45, 7) is 0. The first-order valence-corrected chi connectivity index (χ1v) is 1.58. The monoisotopic (exact) mass is 209 g/mol. The molecule has 1 nitrogen and oxygen atoms in total. The van der Waals surface area contributed by atoms with Crippen molar-refractivity contribution in [2.75, 3.05) is 0 Å². The fourth-order valence-electron chi connectivity index (χ4n) is 0.278. The Morgan fingerprint density at radius 3 is 1.57 bits per heavy atom. The molecule has 1 rings (SSSR count). The molecule has 0 aromatic carbocycles. The Bertz CT molecular complexity index is 68.2. The SMILES string of the molecule is [Ag+].[Cl-].c1cc[nH]c1. The summed E-state index contributed by atoms with van der Waals surface area (Å²) in [7, 11) is 0. The molecular formula is C4H5AgClN. The standard InChI is InChI=1S/C4H5N.Ag.ClH/c1-2-4-5-3-1;;/h1-5H;;1H/q;+1;/p-1. The first kappa shape index (κ1) is 10.3. The smallest absolute Gasteiger partial charge is 1.00 e. The molecule has 1 aromatic rings. The Morgan fingerprint density at radius 1 is 1.00 bits per heavy atom. The molecule has 1 N–H and O–H groups in total. The molecule has 1 heterocycles. The number of hydrogen-bond acceptors (Lipinski definition) is 0. The summed E-state index contributed by atoms with van der Waals surface area (Å²) in [6.07, 6.45) is 3.75. The van der Waals surface area contributed by atoms with Crippen molar-refractivity contribution >= 4 is 0 Å². The Balaban J connectivity index is 0. The van der Waals surface area contributed by atoms with Gasteiger partial charge in [0.1, 0.15) is 0 Å². The molecule has 0 spiro atoms. The van der Waals surface area contributed by atoms with E-state index in [1.165, 1.54) is 0 Å². The molecule has 0 fully saturated rings. The van der Waals surface area contributed by atoms with Gasteiger partial charge in [0.25, 0.3) is 0 Å². The predicted molar refractivity (Wildman–Crippen MR) is 20.8 cm³/mol. The van der Waals surface area contributed by atoms with E-state index in [0.717, 1.165) is 0 Å². The average molecular weight is 210 g/mol. The van der Waals surface area contributed by atoms with Gasteiger partial charge in [0.05, 0.1) is 0 Å². The van der Waals surface area contributed by atoms with Crippen LogP contribution in [0.2, 0.25) is 0 Å². The zero-order valence-corrected chi connectivity index (χ0v) is 5.73. The van der Waals surface area contributed by atoms with Gasteiger partial charge in [-0.05, 0) is 12.1 Å². The van der Waals surface area contributed by atoms with Crippen LogP contribution in [0.4, 0.5) is 0 Å². The van der Waals surface area contributed by atoms with Crippen LogP contribution in [0.25, 0.3) is 0 Å². The molecule has 0 atom stereocenters. The van der Waals surface area contributed by atoms with Crippen LogP contribution in [0, 0.1) is 0 Å². The molecule has 0 aliphatic carbocycles. The molecule has 0 radical (unpaired) electrons. The maximum Gasteiger partial charge on any atom is 1.00 e. The van der Waals surface area contributed by atoms with E-state index in [9.17, 15) is 0 Å². The second-order valence-corrected chi connectivity index (χ2v) is 0.885. The number of nitrogens with one attached hydrogen (secondary N) is 1. The van der Waals surface area contributed by atoms with Crippen LogP contribution in [-0.2, 0) is 22.4 Å². The Morgan fingerprint density at radius 2 is 1.43 bits per heavy atom. The van der Waals surface area contributed by atoms with Crippen LogP contribution in [0.15, 0.2) is 24.5 Å². The van der Waals surface area contributed by atoms with Crippen LogP contribution in [0.5, 0.6) is 0 Å². The first-order valence-electron chi connectivity index (χ1n) is 1.58. The summed E-state index contributed by atoms with van der Waals surface area (Å²) in [6, 6.07) is 3.89. The molecule has 0 bridgehead atoms. The fourth-order valence-corrected chi connectivity index (χ4v) is 0.278. The van der Waals surface area contributed by atoms with E-state index in [1.54, 1.807) is 0 Å². The molecule has 0 aliphatic heterocycles. The van der Waals surface area contributed by atoms with Gasteiger partial charge in [-0.3, -0.25) is 0 Å². The number of aromatic nitrogens is 1. The third-order valence-electron chi connectivity index (χ3n) is 0.496. The van der Waals surface area contributed by atoms with Crippen molar-refractivity contribution < 1.29 is 34.8 Å². The van der Waals surface area contributed by atoms with Crippen molar-refractivity contribution in [1.29, 1.82) is 0 Å². The fraction of sp³-hybridized carbons (Fsp3) is 0. The minimum absolute atomic E-state index is 0. The van der Waals surface area contributed by atoms with Crippen molar-refractivity contribution in [1.82, 2.24) is 4.98 Å². The van der Waals surface area contributed by atoms with Crippen LogP contribution in [0.1, 0.15) is 0 Å². The van der Waals surface area contributed by atoms with Gasteiger partial charge >= 0.3 is 22.4 Å². The van der Waals surface area contributed by atoms with Crippen LogP contribution < -0.4 is 12.4 Å². The van der Waals surface area contributed by atoms with Crippen molar-refractivity contribution in [3.63, 3.8) is 0 Å². The molecule has 0 aliphatic rings. The average Bonchev–Trinajstić information content (AvgIpc) is 1.76. The molecule has 0 saturated carbocycles.